The topological polar surface area (TPSA) is 81.4 Å². The van der Waals surface area contributed by atoms with Crippen molar-refractivity contribution in [2.24, 2.45) is 0 Å². The molecular weight excluding hydrogens is 358 g/mol. The molecule has 0 atom stereocenters. The van der Waals surface area contributed by atoms with E-state index in [4.69, 9.17) is 9.15 Å². The lowest BCUT2D eigenvalue weighted by atomic mass is 10.2. The minimum absolute atomic E-state index is 0.160. The zero-order valence-electron chi connectivity index (χ0n) is 13.9. The Hall–Kier alpha value is -3.55. The van der Waals surface area contributed by atoms with Crippen LogP contribution in [-0.4, -0.2) is 23.4 Å². The van der Waals surface area contributed by atoms with Gasteiger partial charge in [0.25, 0.3) is 5.91 Å². The molecule has 3 rings (SSSR count). The average molecular weight is 372 g/mol. The lowest BCUT2D eigenvalue weighted by molar-refractivity contribution is -0.144. The van der Waals surface area contributed by atoms with Crippen molar-refractivity contribution in [3.8, 4) is 11.3 Å². The number of benzene rings is 2. The summed E-state index contributed by atoms with van der Waals surface area (Å²) in [6, 6.07) is 10.6. The Morgan fingerprint density at radius 3 is 2.30 bits per heavy atom. The number of carbonyl (C=O) groups excluding carboxylic acids is 2. The number of hydrogen-bond donors (Lipinski definition) is 1. The minimum Gasteiger partial charge on any atom is -0.454 e. The molecule has 0 saturated heterocycles. The summed E-state index contributed by atoms with van der Waals surface area (Å²) in [5.41, 5.74) is 0.855. The van der Waals surface area contributed by atoms with Gasteiger partial charge in [0.2, 0.25) is 5.89 Å². The molecule has 0 aliphatic carbocycles. The summed E-state index contributed by atoms with van der Waals surface area (Å²) < 4.78 is 36.1. The second kappa shape index (κ2) is 8.22. The average Bonchev–Trinajstić information content (AvgIpc) is 3.14. The highest BCUT2D eigenvalue weighted by molar-refractivity contribution is 5.95. The third kappa shape index (κ3) is 4.97. The number of halogens is 2. The maximum Gasteiger partial charge on any atom is 0.325 e. The minimum atomic E-state index is -0.688. The number of oxazole rings is 1. The fourth-order valence-electron chi connectivity index (χ4n) is 2.17. The first-order valence-electron chi connectivity index (χ1n) is 7.91. The molecule has 3 aromatic rings. The van der Waals surface area contributed by atoms with Gasteiger partial charge in [-0.2, -0.15) is 0 Å². The maximum absolute atomic E-state index is 12.9. The number of amides is 1. The molecule has 138 valence electrons. The molecule has 1 aromatic heterocycles. The van der Waals surface area contributed by atoms with E-state index in [1.807, 2.05) is 0 Å². The van der Waals surface area contributed by atoms with Crippen LogP contribution in [0, 0.1) is 11.6 Å². The molecule has 0 saturated carbocycles. The molecule has 0 unspecified atom stereocenters. The van der Waals surface area contributed by atoms with E-state index in [2.05, 4.69) is 10.3 Å². The smallest absolute Gasteiger partial charge is 0.325 e. The first-order valence-corrected chi connectivity index (χ1v) is 7.91. The van der Waals surface area contributed by atoms with Gasteiger partial charge in [0.05, 0.1) is 6.20 Å². The van der Waals surface area contributed by atoms with Crippen molar-refractivity contribution in [2.75, 3.05) is 6.54 Å². The summed E-state index contributed by atoms with van der Waals surface area (Å²) in [7, 11) is 0. The van der Waals surface area contributed by atoms with Gasteiger partial charge in [-0.25, -0.2) is 13.8 Å². The molecule has 6 nitrogen and oxygen atoms in total. The SMILES string of the molecule is O=C(CNC(=O)c1ccc(F)cc1)OCc1ncc(-c2ccc(F)cc2)o1. The number of nitrogens with zero attached hydrogens (tertiary/aromatic N) is 1. The summed E-state index contributed by atoms with van der Waals surface area (Å²) in [6.07, 6.45) is 1.44. The van der Waals surface area contributed by atoms with Crippen molar-refractivity contribution in [1.29, 1.82) is 0 Å². The summed E-state index contributed by atoms with van der Waals surface area (Å²) in [6.45, 7) is -0.575. The van der Waals surface area contributed by atoms with E-state index in [0.717, 1.165) is 12.1 Å². The summed E-state index contributed by atoms with van der Waals surface area (Å²) in [5.74, 6) is -1.47. The highest BCUT2D eigenvalue weighted by Crippen LogP contribution is 2.20. The van der Waals surface area contributed by atoms with Crippen LogP contribution in [-0.2, 0) is 16.1 Å². The molecular formula is C19H14F2N2O4. The van der Waals surface area contributed by atoms with E-state index in [0.29, 0.717) is 11.3 Å². The molecule has 1 heterocycles. The number of esters is 1. The van der Waals surface area contributed by atoms with Gasteiger partial charge in [-0.3, -0.25) is 9.59 Å². The third-order valence-corrected chi connectivity index (χ3v) is 3.54. The van der Waals surface area contributed by atoms with Crippen LogP contribution in [0.1, 0.15) is 16.2 Å². The Labute approximate surface area is 152 Å². The second-order valence-corrected chi connectivity index (χ2v) is 5.48. The third-order valence-electron chi connectivity index (χ3n) is 3.54. The van der Waals surface area contributed by atoms with E-state index in [9.17, 15) is 18.4 Å². The van der Waals surface area contributed by atoms with Crippen LogP contribution in [0.5, 0.6) is 0 Å². The molecule has 0 fully saturated rings. The first-order chi connectivity index (χ1) is 13.0. The number of aromatic nitrogens is 1. The summed E-state index contributed by atoms with van der Waals surface area (Å²) in [4.78, 5) is 27.5. The van der Waals surface area contributed by atoms with Gasteiger partial charge in [0.1, 0.15) is 18.2 Å². The molecule has 0 spiro atoms. The van der Waals surface area contributed by atoms with Crippen LogP contribution >= 0.6 is 0 Å². The molecule has 0 aliphatic rings. The van der Waals surface area contributed by atoms with Crippen LogP contribution in [0.15, 0.2) is 59.1 Å². The molecule has 27 heavy (non-hydrogen) atoms. The van der Waals surface area contributed by atoms with Crippen molar-refractivity contribution in [3.63, 3.8) is 0 Å². The van der Waals surface area contributed by atoms with Crippen molar-refractivity contribution in [3.05, 3.63) is 77.8 Å². The van der Waals surface area contributed by atoms with Gasteiger partial charge in [0.15, 0.2) is 12.4 Å². The standard InChI is InChI=1S/C19H14F2N2O4/c20-14-5-1-12(2-6-14)16-9-22-17(27-16)11-26-18(24)10-23-19(25)13-3-7-15(21)8-4-13/h1-9H,10-11H2,(H,23,25). The predicted octanol–water partition coefficient (Wildman–Crippen LogP) is 3.09. The van der Waals surface area contributed by atoms with Crippen molar-refractivity contribution >= 4 is 11.9 Å². The van der Waals surface area contributed by atoms with Gasteiger partial charge in [-0.05, 0) is 48.5 Å². The first kappa shape index (κ1) is 18.2. The fourth-order valence-corrected chi connectivity index (χ4v) is 2.17. The second-order valence-electron chi connectivity index (χ2n) is 5.48. The number of nitrogens with one attached hydrogen (secondary N) is 1. The lowest BCUT2D eigenvalue weighted by Gasteiger charge is -2.05. The zero-order chi connectivity index (χ0) is 19.2. The Bertz CT molecular complexity index is 937. The van der Waals surface area contributed by atoms with E-state index in [-0.39, 0.29) is 30.4 Å². The Kier molecular flexibility index (Phi) is 5.55. The monoisotopic (exact) mass is 372 g/mol. The number of carbonyl (C=O) groups is 2. The Morgan fingerprint density at radius 2 is 1.63 bits per heavy atom. The predicted molar refractivity (Wildman–Crippen MR) is 90.4 cm³/mol. The van der Waals surface area contributed by atoms with Crippen LogP contribution < -0.4 is 5.32 Å². The van der Waals surface area contributed by atoms with E-state index in [1.54, 1.807) is 0 Å². The van der Waals surface area contributed by atoms with Crippen molar-refractivity contribution < 1.29 is 27.5 Å². The van der Waals surface area contributed by atoms with Gasteiger partial charge < -0.3 is 14.5 Å². The number of ether oxygens (including phenoxy) is 1. The number of hydrogen-bond acceptors (Lipinski definition) is 5. The van der Waals surface area contributed by atoms with Crippen LogP contribution in [0.3, 0.4) is 0 Å². The van der Waals surface area contributed by atoms with E-state index < -0.39 is 17.7 Å². The largest absolute Gasteiger partial charge is 0.454 e. The lowest BCUT2D eigenvalue weighted by Crippen LogP contribution is -2.30. The van der Waals surface area contributed by atoms with Gasteiger partial charge in [-0.1, -0.05) is 0 Å². The normalized spacial score (nSPS) is 10.4. The Balaban J connectivity index is 1.47. The van der Waals surface area contributed by atoms with Gasteiger partial charge in [-0.15, -0.1) is 0 Å². The molecule has 1 N–H and O–H groups in total. The maximum atomic E-state index is 12.9. The van der Waals surface area contributed by atoms with Crippen molar-refractivity contribution in [2.45, 2.75) is 6.61 Å². The van der Waals surface area contributed by atoms with Crippen LogP contribution in [0.25, 0.3) is 11.3 Å². The van der Waals surface area contributed by atoms with Crippen LogP contribution in [0.2, 0.25) is 0 Å². The van der Waals surface area contributed by atoms with Crippen molar-refractivity contribution in [1.82, 2.24) is 10.3 Å². The van der Waals surface area contributed by atoms with E-state index >= 15 is 0 Å². The molecule has 0 bridgehead atoms. The highest BCUT2D eigenvalue weighted by atomic mass is 19.1. The Morgan fingerprint density at radius 1 is 1.00 bits per heavy atom. The van der Waals surface area contributed by atoms with Gasteiger partial charge >= 0.3 is 5.97 Å². The van der Waals surface area contributed by atoms with Gasteiger partial charge in [0, 0.05) is 11.1 Å². The quantitative estimate of drug-likeness (QED) is 0.673. The summed E-state index contributed by atoms with van der Waals surface area (Å²) >= 11 is 0. The van der Waals surface area contributed by atoms with Crippen LogP contribution in [0.4, 0.5) is 8.78 Å². The molecule has 8 heteroatoms. The fraction of sp³-hybridized carbons (Fsp3) is 0.105. The summed E-state index contributed by atoms with van der Waals surface area (Å²) in [5, 5.41) is 2.37. The van der Waals surface area contributed by atoms with E-state index in [1.165, 1.54) is 42.6 Å². The molecule has 1 amide bonds. The highest BCUT2D eigenvalue weighted by Gasteiger charge is 2.12. The molecule has 2 aromatic carbocycles. The molecule has 0 radical (unpaired) electrons. The zero-order valence-corrected chi connectivity index (χ0v) is 13.9. The number of rotatable bonds is 6. The molecule has 0 aliphatic heterocycles.